The van der Waals surface area contributed by atoms with Crippen LogP contribution < -0.4 is 0 Å². The molecule has 0 unspecified atom stereocenters. The highest BCUT2D eigenvalue weighted by Crippen LogP contribution is 2.05. The molecule has 0 saturated carbocycles. The molecule has 0 aliphatic heterocycles. The van der Waals surface area contributed by atoms with E-state index in [2.05, 4.69) is 12.1 Å². The van der Waals surface area contributed by atoms with Crippen molar-refractivity contribution < 1.29 is 4.74 Å². The quantitative estimate of drug-likeness (QED) is 0.658. The van der Waals surface area contributed by atoms with E-state index in [4.69, 9.17) is 15.4 Å². The predicted molar refractivity (Wildman–Crippen MR) is 97.4 cm³/mol. The molecule has 3 nitrogen and oxygen atoms in total. The second-order valence-corrected chi connectivity index (χ2v) is 5.12. The molecule has 2 aromatic rings. The Balaban J connectivity index is 0.000000409. The van der Waals surface area contributed by atoms with E-state index in [0.29, 0.717) is 18.7 Å². The van der Waals surface area contributed by atoms with E-state index in [1.807, 2.05) is 56.3 Å². The second kappa shape index (κ2) is 11.3. The summed E-state index contributed by atoms with van der Waals surface area (Å²) in [7, 11) is 1.53. The first-order valence-electron chi connectivity index (χ1n) is 7.14. The van der Waals surface area contributed by atoms with Gasteiger partial charge in [-0.05, 0) is 25.0 Å². The van der Waals surface area contributed by atoms with E-state index in [1.165, 1.54) is 18.2 Å². The molecule has 0 amide bonds. The average Bonchev–Trinajstić information content (AvgIpc) is 2.48. The third kappa shape index (κ3) is 8.65. The van der Waals surface area contributed by atoms with Gasteiger partial charge in [0.15, 0.2) is 5.90 Å². The first kappa shape index (κ1) is 20.7. The maximum atomic E-state index is 8.36. The number of ether oxygens (including phenoxy) is 1. The molecule has 2 aromatic carbocycles. The smallest absolute Gasteiger partial charge is 0.184 e. The van der Waals surface area contributed by atoms with Gasteiger partial charge in [-0.25, -0.2) is 0 Å². The van der Waals surface area contributed by atoms with Crippen molar-refractivity contribution in [3.8, 4) is 6.07 Å². The molecule has 0 spiro atoms. The summed E-state index contributed by atoms with van der Waals surface area (Å²) in [5.41, 5.74) is 4.66. The van der Waals surface area contributed by atoms with Crippen molar-refractivity contribution in [1.29, 1.82) is 10.7 Å². The molecule has 0 heterocycles. The lowest BCUT2D eigenvalue weighted by Gasteiger charge is -2.02. The topological polar surface area (TPSA) is 56.9 Å². The monoisotopic (exact) mass is 330 g/mol. The zero-order valence-electron chi connectivity index (χ0n) is 13.8. The van der Waals surface area contributed by atoms with Gasteiger partial charge in [0.05, 0.1) is 19.6 Å². The van der Waals surface area contributed by atoms with Crippen LogP contribution in [0.15, 0.2) is 48.5 Å². The zero-order valence-corrected chi connectivity index (χ0v) is 14.6. The number of nitrogens with one attached hydrogen (secondary N) is 1. The lowest BCUT2D eigenvalue weighted by molar-refractivity contribution is 0.390. The van der Waals surface area contributed by atoms with Crippen molar-refractivity contribution in [2.45, 2.75) is 26.7 Å². The summed E-state index contributed by atoms with van der Waals surface area (Å²) in [4.78, 5) is 0. The molecule has 0 aliphatic carbocycles. The Hall–Kier alpha value is -2.31. The minimum atomic E-state index is 0. The molecule has 0 radical (unpaired) electrons. The number of nitrogens with zero attached hydrogens (tertiary/aromatic N) is 1. The molecule has 0 atom stereocenters. The molecular weight excluding hydrogens is 308 g/mol. The van der Waals surface area contributed by atoms with E-state index in [-0.39, 0.29) is 12.4 Å². The van der Waals surface area contributed by atoms with Crippen LogP contribution in [0.3, 0.4) is 0 Å². The van der Waals surface area contributed by atoms with Gasteiger partial charge in [0.1, 0.15) is 0 Å². The molecule has 0 aromatic heterocycles. The van der Waals surface area contributed by atoms with Crippen LogP contribution in [0.25, 0.3) is 0 Å². The molecule has 0 bridgehead atoms. The van der Waals surface area contributed by atoms with Crippen LogP contribution in [0.2, 0.25) is 0 Å². The Bertz CT molecular complexity index is 662. The maximum Gasteiger partial charge on any atom is 0.184 e. The normalized spacial score (nSPS) is 8.78. The first-order chi connectivity index (χ1) is 10.5. The third-order valence-electron chi connectivity index (χ3n) is 3.06. The van der Waals surface area contributed by atoms with Crippen molar-refractivity contribution in [2.24, 2.45) is 0 Å². The predicted octanol–water partition coefficient (Wildman–Crippen LogP) is 4.64. The van der Waals surface area contributed by atoms with Gasteiger partial charge in [0.25, 0.3) is 0 Å². The lowest BCUT2D eigenvalue weighted by atomic mass is 10.1. The van der Waals surface area contributed by atoms with E-state index >= 15 is 0 Å². The number of hydrogen-bond donors (Lipinski definition) is 1. The van der Waals surface area contributed by atoms with E-state index < -0.39 is 0 Å². The Labute approximate surface area is 144 Å². The van der Waals surface area contributed by atoms with Crippen LogP contribution in [0.1, 0.15) is 22.3 Å². The van der Waals surface area contributed by atoms with Crippen LogP contribution in [0, 0.1) is 30.6 Å². The van der Waals surface area contributed by atoms with Crippen molar-refractivity contribution >= 4 is 18.3 Å². The van der Waals surface area contributed by atoms with Gasteiger partial charge in [-0.15, -0.1) is 12.4 Å². The van der Waals surface area contributed by atoms with Crippen molar-refractivity contribution in [3.05, 3.63) is 70.8 Å². The summed E-state index contributed by atoms with van der Waals surface area (Å²) in [5, 5.41) is 15.7. The number of hydrogen-bond acceptors (Lipinski definition) is 3. The highest BCUT2D eigenvalue weighted by molar-refractivity contribution is 5.85. The van der Waals surface area contributed by atoms with Crippen molar-refractivity contribution in [1.82, 2.24) is 0 Å². The van der Waals surface area contributed by atoms with Crippen LogP contribution in [-0.4, -0.2) is 13.0 Å². The number of rotatable bonds is 3. The summed E-state index contributed by atoms with van der Waals surface area (Å²) >= 11 is 0. The second-order valence-electron chi connectivity index (χ2n) is 5.12. The highest BCUT2D eigenvalue weighted by atomic mass is 35.5. The fourth-order valence-corrected chi connectivity index (χ4v) is 1.99. The molecule has 1 N–H and O–H groups in total. The maximum absolute atomic E-state index is 8.36. The molecular formula is C19H23ClN2O. The average molecular weight is 331 g/mol. The summed E-state index contributed by atoms with van der Waals surface area (Å²) in [6.07, 6.45) is 1.10. The van der Waals surface area contributed by atoms with Crippen LogP contribution in [0.4, 0.5) is 0 Å². The van der Waals surface area contributed by atoms with Gasteiger partial charge >= 0.3 is 0 Å². The lowest BCUT2D eigenvalue weighted by Crippen LogP contribution is -2.03. The minimum absolute atomic E-state index is 0. The van der Waals surface area contributed by atoms with Gasteiger partial charge in [0, 0.05) is 6.42 Å². The third-order valence-corrected chi connectivity index (χ3v) is 3.06. The largest absolute Gasteiger partial charge is 0.484 e. The number of halogens is 1. The Kier molecular flexibility index (Phi) is 10.1. The standard InChI is InChI=1S/C10H13NO.C9H9N.ClH/c1-8-4-3-5-9(6-8)7-10(11)12-2;1-8-3-2-4-9(7-8)5-6-10;/h3-6,11H,7H2,1-2H3;2-4,7H,5H2,1H3;1H. The summed E-state index contributed by atoms with van der Waals surface area (Å²) in [5.74, 6) is 0.306. The van der Waals surface area contributed by atoms with Gasteiger partial charge < -0.3 is 4.74 Å². The summed E-state index contributed by atoms with van der Waals surface area (Å²) in [6.45, 7) is 4.07. The molecule has 0 fully saturated rings. The van der Waals surface area contributed by atoms with E-state index in [1.54, 1.807) is 0 Å². The number of nitriles is 1. The molecule has 0 saturated heterocycles. The van der Waals surface area contributed by atoms with E-state index in [9.17, 15) is 0 Å². The SMILES string of the molecule is COC(=N)Cc1cccc(C)c1.Cc1cccc(CC#N)c1.Cl. The van der Waals surface area contributed by atoms with Gasteiger partial charge in [-0.1, -0.05) is 59.7 Å². The fourth-order valence-electron chi connectivity index (χ4n) is 1.99. The molecule has 4 heteroatoms. The van der Waals surface area contributed by atoms with Gasteiger partial charge in [-0.3, -0.25) is 5.41 Å². The molecule has 122 valence electrons. The molecule has 23 heavy (non-hydrogen) atoms. The van der Waals surface area contributed by atoms with Gasteiger partial charge in [-0.2, -0.15) is 5.26 Å². The van der Waals surface area contributed by atoms with Crippen molar-refractivity contribution in [2.75, 3.05) is 7.11 Å². The Morgan fingerprint density at radius 2 is 1.57 bits per heavy atom. The number of aryl methyl sites for hydroxylation is 2. The minimum Gasteiger partial charge on any atom is -0.484 e. The fraction of sp³-hybridized carbons (Fsp3) is 0.263. The zero-order chi connectivity index (χ0) is 16.4. The van der Waals surface area contributed by atoms with E-state index in [0.717, 1.165) is 11.1 Å². The first-order valence-corrected chi connectivity index (χ1v) is 7.14. The Morgan fingerprint density at radius 3 is 2.04 bits per heavy atom. The number of benzene rings is 2. The Morgan fingerprint density at radius 1 is 1.04 bits per heavy atom. The number of methoxy groups -OCH3 is 1. The summed E-state index contributed by atoms with van der Waals surface area (Å²) in [6, 6.07) is 18.2. The molecule has 0 aliphatic rings. The van der Waals surface area contributed by atoms with Crippen molar-refractivity contribution in [3.63, 3.8) is 0 Å². The highest BCUT2D eigenvalue weighted by Gasteiger charge is 1.97. The summed E-state index contributed by atoms with van der Waals surface area (Å²) < 4.78 is 4.78. The van der Waals surface area contributed by atoms with Crippen LogP contribution >= 0.6 is 12.4 Å². The van der Waals surface area contributed by atoms with Crippen LogP contribution in [0.5, 0.6) is 0 Å². The van der Waals surface area contributed by atoms with Crippen LogP contribution in [-0.2, 0) is 17.6 Å². The molecule has 2 rings (SSSR count). The van der Waals surface area contributed by atoms with Gasteiger partial charge in [0.2, 0.25) is 0 Å².